The van der Waals surface area contributed by atoms with Crippen LogP contribution in [-0.2, 0) is 0 Å². The van der Waals surface area contributed by atoms with E-state index in [1.807, 2.05) is 12.3 Å². The van der Waals surface area contributed by atoms with Crippen LogP contribution in [0.4, 0.5) is 0 Å². The molecule has 0 saturated heterocycles. The molecule has 1 N–H and O–H groups in total. The van der Waals surface area contributed by atoms with Crippen LogP contribution in [0.25, 0.3) is 5.69 Å². The average molecular weight is 264 g/mol. The summed E-state index contributed by atoms with van der Waals surface area (Å²) in [5.74, 6) is 0.442. The van der Waals surface area contributed by atoms with Crippen molar-refractivity contribution in [3.05, 3.63) is 40.9 Å². The number of para-hydroxylation sites is 1. The van der Waals surface area contributed by atoms with Crippen LogP contribution >= 0.6 is 24.0 Å². The smallest absolute Gasteiger partial charge is 0.182 e. The van der Waals surface area contributed by atoms with Crippen molar-refractivity contribution >= 4 is 24.0 Å². The molecule has 0 saturated carbocycles. The number of aromatic amines is 1. The van der Waals surface area contributed by atoms with Crippen LogP contribution in [0.3, 0.4) is 0 Å². The Balaban J connectivity index is 2.68. The molecule has 90 valence electrons. The zero-order valence-corrected chi connectivity index (χ0v) is 11.9. The first-order chi connectivity index (χ1) is 8.15. The summed E-state index contributed by atoms with van der Waals surface area (Å²) in [6.07, 6.45) is 4.09. The Morgan fingerprint density at radius 3 is 2.65 bits per heavy atom. The molecule has 0 aliphatic heterocycles. The molecule has 1 heterocycles. The normalized spacial score (nSPS) is 11.1. The summed E-state index contributed by atoms with van der Waals surface area (Å²) >= 11 is 7.12. The minimum atomic E-state index is 0.442. The van der Waals surface area contributed by atoms with E-state index in [4.69, 9.17) is 12.2 Å². The van der Waals surface area contributed by atoms with Crippen LogP contribution in [0.2, 0.25) is 0 Å². The largest absolute Gasteiger partial charge is 0.337 e. The summed E-state index contributed by atoms with van der Waals surface area (Å²) in [6, 6.07) is 8.34. The van der Waals surface area contributed by atoms with Crippen molar-refractivity contribution in [3.8, 4) is 5.69 Å². The second-order valence-corrected chi connectivity index (χ2v) is 5.42. The van der Waals surface area contributed by atoms with Crippen molar-refractivity contribution in [1.82, 2.24) is 9.55 Å². The number of H-pyrrole nitrogens is 1. The predicted molar refractivity (Wildman–Crippen MR) is 76.8 cm³/mol. The maximum Gasteiger partial charge on any atom is 0.182 e. The monoisotopic (exact) mass is 264 g/mol. The molecule has 0 unspecified atom stereocenters. The molecule has 2 aromatic rings. The van der Waals surface area contributed by atoms with E-state index in [2.05, 4.69) is 47.9 Å². The van der Waals surface area contributed by atoms with Gasteiger partial charge in [0.2, 0.25) is 0 Å². The Bertz CT molecular complexity index is 567. The number of nitrogens with one attached hydrogen (secondary N) is 1. The quantitative estimate of drug-likeness (QED) is 0.656. The van der Waals surface area contributed by atoms with Gasteiger partial charge in [-0.1, -0.05) is 26.0 Å². The fourth-order valence-corrected chi connectivity index (χ4v) is 2.72. The van der Waals surface area contributed by atoms with Crippen molar-refractivity contribution in [2.24, 2.45) is 0 Å². The van der Waals surface area contributed by atoms with E-state index in [1.165, 1.54) is 10.6 Å². The van der Waals surface area contributed by atoms with E-state index < -0.39 is 0 Å². The first kappa shape index (κ1) is 12.5. The maximum atomic E-state index is 5.38. The second kappa shape index (κ2) is 5.10. The summed E-state index contributed by atoms with van der Waals surface area (Å²) in [7, 11) is 0. The van der Waals surface area contributed by atoms with Crippen LogP contribution in [0.15, 0.2) is 35.4 Å². The van der Waals surface area contributed by atoms with Crippen LogP contribution in [-0.4, -0.2) is 15.8 Å². The van der Waals surface area contributed by atoms with Crippen LogP contribution in [0, 0.1) is 4.77 Å². The number of benzene rings is 1. The molecule has 17 heavy (non-hydrogen) atoms. The minimum Gasteiger partial charge on any atom is -0.337 e. The lowest BCUT2D eigenvalue weighted by Crippen LogP contribution is -2.03. The third-order valence-electron chi connectivity index (χ3n) is 2.72. The number of imidazole rings is 1. The van der Waals surface area contributed by atoms with E-state index in [1.54, 1.807) is 11.8 Å². The van der Waals surface area contributed by atoms with E-state index in [0.29, 0.717) is 5.92 Å². The fourth-order valence-electron chi connectivity index (χ4n) is 1.87. The number of hydrogen-bond acceptors (Lipinski definition) is 2. The summed E-state index contributed by atoms with van der Waals surface area (Å²) < 4.78 is 2.89. The van der Waals surface area contributed by atoms with E-state index >= 15 is 0 Å². The molecule has 0 spiro atoms. The highest BCUT2D eigenvalue weighted by molar-refractivity contribution is 7.98. The number of aromatic nitrogens is 2. The predicted octanol–water partition coefficient (Wildman–Crippen LogP) is 4.38. The molecule has 0 amide bonds. The summed E-state index contributed by atoms with van der Waals surface area (Å²) in [6.45, 7) is 4.35. The molecule has 2 rings (SSSR count). The topological polar surface area (TPSA) is 20.7 Å². The van der Waals surface area contributed by atoms with Crippen molar-refractivity contribution in [1.29, 1.82) is 0 Å². The number of nitrogens with zero attached hydrogens (tertiary/aromatic N) is 1. The molecule has 0 aliphatic rings. The molecule has 0 bridgehead atoms. The van der Waals surface area contributed by atoms with E-state index in [-0.39, 0.29) is 0 Å². The minimum absolute atomic E-state index is 0.442. The molecule has 0 radical (unpaired) electrons. The highest BCUT2D eigenvalue weighted by atomic mass is 32.2. The molecular formula is C13H16N2S2. The van der Waals surface area contributed by atoms with Crippen LogP contribution in [0.5, 0.6) is 0 Å². The SMILES string of the molecule is CSc1ccccc1-n1c(C(C)C)c[nH]c1=S. The zero-order chi connectivity index (χ0) is 12.4. The third-order valence-corrected chi connectivity index (χ3v) is 3.81. The van der Waals surface area contributed by atoms with E-state index in [9.17, 15) is 0 Å². The van der Waals surface area contributed by atoms with Crippen molar-refractivity contribution in [2.45, 2.75) is 24.7 Å². The van der Waals surface area contributed by atoms with E-state index in [0.717, 1.165) is 10.5 Å². The van der Waals surface area contributed by atoms with Crippen LogP contribution < -0.4 is 0 Å². The van der Waals surface area contributed by atoms with Gasteiger partial charge in [-0.3, -0.25) is 4.57 Å². The molecule has 2 nitrogen and oxygen atoms in total. The average Bonchev–Trinajstić information content (AvgIpc) is 2.71. The van der Waals surface area contributed by atoms with Crippen molar-refractivity contribution < 1.29 is 0 Å². The third kappa shape index (κ3) is 2.33. The molecule has 0 aliphatic carbocycles. The highest BCUT2D eigenvalue weighted by Crippen LogP contribution is 2.27. The van der Waals surface area contributed by atoms with Crippen molar-refractivity contribution in [3.63, 3.8) is 0 Å². The highest BCUT2D eigenvalue weighted by Gasteiger charge is 2.12. The van der Waals surface area contributed by atoms with Gasteiger partial charge >= 0.3 is 0 Å². The fraction of sp³-hybridized carbons (Fsp3) is 0.308. The molecule has 0 fully saturated rings. The summed E-state index contributed by atoms with van der Waals surface area (Å²) in [5.41, 5.74) is 2.38. The molecular weight excluding hydrogens is 248 g/mol. The second-order valence-electron chi connectivity index (χ2n) is 4.18. The summed E-state index contributed by atoms with van der Waals surface area (Å²) in [4.78, 5) is 4.38. The van der Waals surface area contributed by atoms with Gasteiger partial charge in [-0.2, -0.15) is 0 Å². The van der Waals surface area contributed by atoms with Crippen molar-refractivity contribution in [2.75, 3.05) is 6.26 Å². The van der Waals surface area contributed by atoms with Gasteiger partial charge < -0.3 is 4.98 Å². The van der Waals surface area contributed by atoms with Gasteiger partial charge in [-0.05, 0) is 36.5 Å². The Kier molecular flexibility index (Phi) is 3.74. The molecule has 1 aromatic carbocycles. The number of hydrogen-bond donors (Lipinski definition) is 1. The Morgan fingerprint density at radius 2 is 2.00 bits per heavy atom. The van der Waals surface area contributed by atoms with Gasteiger partial charge in [0.15, 0.2) is 4.77 Å². The molecule has 1 aromatic heterocycles. The first-order valence-electron chi connectivity index (χ1n) is 5.59. The van der Waals surface area contributed by atoms with Gasteiger partial charge in [-0.15, -0.1) is 11.8 Å². The summed E-state index contributed by atoms with van der Waals surface area (Å²) in [5, 5.41) is 0. The van der Waals surface area contributed by atoms with Gasteiger partial charge in [0.05, 0.1) is 5.69 Å². The number of thioether (sulfide) groups is 1. The van der Waals surface area contributed by atoms with Gasteiger partial charge in [-0.25, -0.2) is 0 Å². The molecule has 4 heteroatoms. The Labute approximate surface area is 111 Å². The lowest BCUT2D eigenvalue weighted by molar-refractivity contribution is 0.778. The lowest BCUT2D eigenvalue weighted by Gasteiger charge is -2.13. The maximum absolute atomic E-state index is 5.38. The zero-order valence-electron chi connectivity index (χ0n) is 10.2. The molecule has 0 atom stereocenters. The van der Waals surface area contributed by atoms with Gasteiger partial charge in [0, 0.05) is 16.8 Å². The number of rotatable bonds is 3. The standard InChI is InChI=1S/C13H16N2S2/c1-9(2)11-8-14-13(16)15(11)10-6-4-5-7-12(10)17-3/h4-9H,1-3H3,(H,14,16). The van der Waals surface area contributed by atoms with Crippen LogP contribution in [0.1, 0.15) is 25.5 Å². The first-order valence-corrected chi connectivity index (χ1v) is 7.22. The van der Waals surface area contributed by atoms with Gasteiger partial charge in [0.1, 0.15) is 0 Å². The Morgan fingerprint density at radius 1 is 1.29 bits per heavy atom. The Hall–Kier alpha value is -1.00. The van der Waals surface area contributed by atoms with Gasteiger partial charge in [0.25, 0.3) is 0 Å². The lowest BCUT2D eigenvalue weighted by atomic mass is 10.1.